The summed E-state index contributed by atoms with van der Waals surface area (Å²) in [7, 11) is -3.26. The molecule has 0 atom stereocenters. The first-order valence-electron chi connectivity index (χ1n) is 5.42. The highest BCUT2D eigenvalue weighted by Crippen LogP contribution is 2.16. The van der Waals surface area contributed by atoms with Gasteiger partial charge in [0.25, 0.3) is 0 Å². The van der Waals surface area contributed by atoms with Gasteiger partial charge < -0.3 is 9.09 Å². The van der Waals surface area contributed by atoms with Crippen LogP contribution < -0.4 is 4.72 Å². The van der Waals surface area contributed by atoms with Crippen LogP contribution in [0.1, 0.15) is 12.8 Å². The molecule has 0 spiro atoms. The zero-order valence-corrected chi connectivity index (χ0v) is 10.9. The highest BCUT2D eigenvalue weighted by molar-refractivity contribution is 7.88. The van der Waals surface area contributed by atoms with Crippen LogP contribution in [0.3, 0.4) is 0 Å². The van der Waals surface area contributed by atoms with Gasteiger partial charge in [-0.1, -0.05) is 5.16 Å². The third-order valence-corrected chi connectivity index (χ3v) is 3.02. The van der Waals surface area contributed by atoms with Gasteiger partial charge in [-0.05, 0) is 19.1 Å². The largest absolute Gasteiger partial charge is 0.345 e. The maximum atomic E-state index is 10.9. The lowest BCUT2D eigenvalue weighted by molar-refractivity contribution is 0.375. The number of aromatic nitrogens is 3. The smallest absolute Gasteiger partial charge is 0.242 e. The lowest BCUT2D eigenvalue weighted by Crippen LogP contribution is -2.21. The number of rotatable bonds is 5. The second-order valence-corrected chi connectivity index (χ2v) is 5.62. The molecule has 0 bridgehead atoms. The van der Waals surface area contributed by atoms with E-state index in [2.05, 4.69) is 14.9 Å². The molecule has 0 saturated heterocycles. The van der Waals surface area contributed by atoms with E-state index in [4.69, 9.17) is 4.52 Å². The van der Waals surface area contributed by atoms with Gasteiger partial charge in [0.15, 0.2) is 0 Å². The summed E-state index contributed by atoms with van der Waals surface area (Å²) in [5.41, 5.74) is 0.840. The van der Waals surface area contributed by atoms with Gasteiger partial charge in [0.2, 0.25) is 21.7 Å². The first kappa shape index (κ1) is 12.8. The normalized spacial score (nSPS) is 11.9. The molecule has 2 aromatic heterocycles. The summed E-state index contributed by atoms with van der Waals surface area (Å²) in [5.74, 6) is 0.687. The van der Waals surface area contributed by atoms with Crippen molar-refractivity contribution in [1.82, 2.24) is 19.4 Å². The molecule has 98 valence electrons. The van der Waals surface area contributed by atoms with Gasteiger partial charge in [-0.25, -0.2) is 13.1 Å². The summed E-state index contributed by atoms with van der Waals surface area (Å²) < 4.78 is 31.1. The van der Waals surface area contributed by atoms with Crippen molar-refractivity contribution < 1.29 is 12.9 Å². The molecule has 2 aromatic rings. The van der Waals surface area contributed by atoms with Crippen LogP contribution >= 0.6 is 0 Å². The summed E-state index contributed by atoms with van der Waals surface area (Å²) in [4.78, 5) is 4.14. The van der Waals surface area contributed by atoms with Crippen molar-refractivity contribution in [3.8, 4) is 11.5 Å². The third-order valence-electron chi connectivity index (χ3n) is 2.35. The number of aryl methyl sites for hydroxylation is 1. The first-order chi connectivity index (χ1) is 8.49. The molecule has 0 aliphatic carbocycles. The van der Waals surface area contributed by atoms with Crippen molar-refractivity contribution in [3.63, 3.8) is 0 Å². The molecule has 0 aliphatic heterocycles. The standard InChI is InChI=1S/C10H14N4O3S/c1-3-14-6-4-5-8(14)10-12-9(17-13-10)7-11-18(2,15)16/h4-6,11H,3,7H2,1-2H3. The Morgan fingerprint density at radius 3 is 2.94 bits per heavy atom. The Hall–Kier alpha value is -1.67. The molecule has 7 nitrogen and oxygen atoms in total. The van der Waals surface area contributed by atoms with Crippen molar-refractivity contribution in [3.05, 3.63) is 24.2 Å². The maximum Gasteiger partial charge on any atom is 0.242 e. The van der Waals surface area contributed by atoms with Gasteiger partial charge in [0.1, 0.15) is 0 Å². The summed E-state index contributed by atoms with van der Waals surface area (Å²) >= 11 is 0. The summed E-state index contributed by atoms with van der Waals surface area (Å²) in [5, 5.41) is 3.83. The molecule has 0 amide bonds. The molecule has 0 aromatic carbocycles. The summed E-state index contributed by atoms with van der Waals surface area (Å²) in [6.45, 7) is 2.81. The van der Waals surface area contributed by atoms with Gasteiger partial charge in [-0.2, -0.15) is 4.98 Å². The van der Waals surface area contributed by atoms with E-state index < -0.39 is 10.0 Å². The molecule has 0 unspecified atom stereocenters. The minimum Gasteiger partial charge on any atom is -0.345 e. The molecule has 0 saturated carbocycles. The molecule has 18 heavy (non-hydrogen) atoms. The first-order valence-corrected chi connectivity index (χ1v) is 7.31. The lowest BCUT2D eigenvalue weighted by atomic mass is 10.4. The van der Waals surface area contributed by atoms with E-state index in [1.807, 2.05) is 29.8 Å². The van der Waals surface area contributed by atoms with Gasteiger partial charge in [-0.3, -0.25) is 0 Å². The van der Waals surface area contributed by atoms with Crippen LogP contribution in [0.5, 0.6) is 0 Å². The molecule has 1 N–H and O–H groups in total. The van der Waals surface area contributed by atoms with Gasteiger partial charge in [0.05, 0.1) is 18.5 Å². The number of hydrogen-bond acceptors (Lipinski definition) is 5. The fourth-order valence-electron chi connectivity index (χ4n) is 1.52. The van der Waals surface area contributed by atoms with E-state index in [1.54, 1.807) is 0 Å². The molecule has 8 heteroatoms. The predicted octanol–water partition coefficient (Wildman–Crippen LogP) is 0.607. The van der Waals surface area contributed by atoms with Crippen LogP contribution in [0, 0.1) is 0 Å². The van der Waals surface area contributed by atoms with Crippen LogP contribution in [0.2, 0.25) is 0 Å². The Morgan fingerprint density at radius 2 is 2.28 bits per heavy atom. The van der Waals surface area contributed by atoms with Gasteiger partial charge in [-0.15, -0.1) is 0 Å². The van der Waals surface area contributed by atoms with Crippen LogP contribution in [0.15, 0.2) is 22.9 Å². The Bertz CT molecular complexity index is 629. The predicted molar refractivity (Wildman–Crippen MR) is 65.1 cm³/mol. The van der Waals surface area contributed by atoms with Crippen molar-refractivity contribution in [1.29, 1.82) is 0 Å². The van der Waals surface area contributed by atoms with Crippen molar-refractivity contribution in [2.45, 2.75) is 20.0 Å². The fourth-order valence-corrected chi connectivity index (χ4v) is 1.90. The van der Waals surface area contributed by atoms with Gasteiger partial charge >= 0.3 is 0 Å². The molecule has 0 aliphatic rings. The van der Waals surface area contributed by atoms with Crippen LogP contribution in [0.25, 0.3) is 11.5 Å². The van der Waals surface area contributed by atoms with Crippen LogP contribution in [0.4, 0.5) is 0 Å². The molecule has 0 radical (unpaired) electrons. The van der Waals surface area contributed by atoms with Crippen LogP contribution in [-0.4, -0.2) is 29.4 Å². The summed E-state index contributed by atoms with van der Waals surface area (Å²) in [6, 6.07) is 3.77. The van der Waals surface area contributed by atoms with Crippen LogP contribution in [-0.2, 0) is 23.1 Å². The Kier molecular flexibility index (Phi) is 3.48. The second kappa shape index (κ2) is 4.91. The SMILES string of the molecule is CCn1cccc1-c1noc(CNS(C)(=O)=O)n1. The second-order valence-electron chi connectivity index (χ2n) is 3.78. The minimum absolute atomic E-state index is 0.00132. The average Bonchev–Trinajstić information content (AvgIpc) is 2.93. The Labute approximate surface area is 105 Å². The fraction of sp³-hybridized carbons (Fsp3) is 0.400. The van der Waals surface area contributed by atoms with E-state index in [0.29, 0.717) is 5.82 Å². The monoisotopic (exact) mass is 270 g/mol. The molecule has 0 fully saturated rings. The molecule has 2 rings (SSSR count). The molecular formula is C10H14N4O3S. The third kappa shape index (κ3) is 2.96. The highest BCUT2D eigenvalue weighted by atomic mass is 32.2. The van der Waals surface area contributed by atoms with Crippen molar-refractivity contribution in [2.24, 2.45) is 0 Å². The number of nitrogens with zero attached hydrogens (tertiary/aromatic N) is 3. The van der Waals surface area contributed by atoms with Gasteiger partial charge in [0, 0.05) is 12.7 Å². The Morgan fingerprint density at radius 1 is 1.50 bits per heavy atom. The highest BCUT2D eigenvalue weighted by Gasteiger charge is 2.12. The van der Waals surface area contributed by atoms with Crippen molar-refractivity contribution in [2.75, 3.05) is 6.26 Å². The van der Waals surface area contributed by atoms with Crippen molar-refractivity contribution >= 4 is 10.0 Å². The molecule has 2 heterocycles. The molecular weight excluding hydrogens is 256 g/mol. The maximum absolute atomic E-state index is 10.9. The average molecular weight is 270 g/mol. The minimum atomic E-state index is -3.26. The van der Waals surface area contributed by atoms with E-state index >= 15 is 0 Å². The zero-order chi connectivity index (χ0) is 13.2. The zero-order valence-electron chi connectivity index (χ0n) is 10.1. The van der Waals surface area contributed by atoms with E-state index in [9.17, 15) is 8.42 Å². The summed E-state index contributed by atoms with van der Waals surface area (Å²) in [6.07, 6.45) is 2.99. The Balaban J connectivity index is 2.16. The van der Waals surface area contributed by atoms with E-state index in [1.165, 1.54) is 0 Å². The number of hydrogen-bond donors (Lipinski definition) is 1. The quantitative estimate of drug-likeness (QED) is 0.859. The van der Waals surface area contributed by atoms with E-state index in [-0.39, 0.29) is 12.4 Å². The number of sulfonamides is 1. The van der Waals surface area contributed by atoms with E-state index in [0.717, 1.165) is 18.5 Å². The number of nitrogens with one attached hydrogen (secondary N) is 1. The lowest BCUT2D eigenvalue weighted by Gasteiger charge is -2.00. The topological polar surface area (TPSA) is 90.0 Å².